The molecule has 0 radical (unpaired) electrons. The maximum atomic E-state index is 12.8. The topological polar surface area (TPSA) is 90.6 Å². The van der Waals surface area contributed by atoms with E-state index >= 15 is 0 Å². The number of hydrogen-bond donors (Lipinski definition) is 1. The zero-order valence-corrected chi connectivity index (χ0v) is 16.6. The van der Waals surface area contributed by atoms with E-state index in [4.69, 9.17) is 33.2 Å². The summed E-state index contributed by atoms with van der Waals surface area (Å²) in [5.41, 5.74) is 1.60. The maximum Gasteiger partial charge on any atom is 0.336 e. The molecule has 1 aromatic rings. The largest absolute Gasteiger partial charge is 0.478 e. The average molecular weight is 409 g/mol. The third-order valence-corrected chi connectivity index (χ3v) is 5.39. The van der Waals surface area contributed by atoms with Gasteiger partial charge in [-0.25, -0.2) is 9.59 Å². The number of allylic oxidation sites excluding steroid dienone is 2. The fourth-order valence-electron chi connectivity index (χ4n) is 3.04. The molecule has 2 rings (SSSR count). The lowest BCUT2D eigenvalue weighted by Gasteiger charge is -2.35. The first-order chi connectivity index (χ1) is 12.7. The fourth-order valence-corrected chi connectivity index (χ4v) is 3.46. The predicted molar refractivity (Wildman–Crippen MR) is 101 cm³/mol. The summed E-state index contributed by atoms with van der Waals surface area (Å²) in [6, 6.07) is 6.76. The van der Waals surface area contributed by atoms with Crippen molar-refractivity contribution < 1.29 is 19.4 Å². The normalized spacial score (nSPS) is 17.0. The lowest BCUT2D eigenvalue weighted by atomic mass is 9.80. The quantitative estimate of drug-likeness (QED) is 0.582. The van der Waals surface area contributed by atoms with Gasteiger partial charge in [-0.3, -0.25) is 0 Å². The first-order valence-corrected chi connectivity index (χ1v) is 8.84. The van der Waals surface area contributed by atoms with Crippen molar-refractivity contribution in [3.63, 3.8) is 0 Å². The van der Waals surface area contributed by atoms with Gasteiger partial charge in [0.25, 0.3) is 0 Å². The van der Waals surface area contributed by atoms with Crippen molar-refractivity contribution in [3.8, 4) is 6.07 Å². The number of halogens is 2. The molecule has 0 fully saturated rings. The highest BCUT2D eigenvalue weighted by Crippen LogP contribution is 2.45. The second-order valence-corrected chi connectivity index (χ2v) is 6.77. The molecule has 6 nitrogen and oxygen atoms in total. The Balaban J connectivity index is 2.69. The lowest BCUT2D eigenvalue weighted by Crippen LogP contribution is -2.33. The molecule has 0 saturated heterocycles. The van der Waals surface area contributed by atoms with Crippen LogP contribution >= 0.6 is 23.2 Å². The summed E-state index contributed by atoms with van der Waals surface area (Å²) >= 11 is 12.5. The number of carboxylic acid groups (broad SMARTS) is 1. The number of ether oxygens (including phenoxy) is 1. The number of nitriles is 1. The molecule has 8 heteroatoms. The number of hydrogen-bond acceptors (Lipinski definition) is 5. The van der Waals surface area contributed by atoms with Crippen LogP contribution in [0, 0.1) is 11.3 Å². The Morgan fingerprint density at radius 1 is 1.26 bits per heavy atom. The van der Waals surface area contributed by atoms with E-state index < -0.39 is 17.9 Å². The maximum absolute atomic E-state index is 12.8. The summed E-state index contributed by atoms with van der Waals surface area (Å²) in [6.45, 7) is 3.28. The van der Waals surface area contributed by atoms with Gasteiger partial charge in [0.1, 0.15) is 6.61 Å². The van der Waals surface area contributed by atoms with Gasteiger partial charge >= 0.3 is 11.9 Å². The molecule has 1 N–H and O–H groups in total. The summed E-state index contributed by atoms with van der Waals surface area (Å²) in [5.74, 6) is -2.81. The number of carbonyl (C=O) groups excluding carboxylic acids is 1. The molecule has 27 heavy (non-hydrogen) atoms. The Hall–Kier alpha value is -2.49. The molecule has 1 aliphatic heterocycles. The highest BCUT2D eigenvalue weighted by molar-refractivity contribution is 6.42. The minimum atomic E-state index is -1.17. The smallest absolute Gasteiger partial charge is 0.336 e. The van der Waals surface area contributed by atoms with Crippen LogP contribution in [0.2, 0.25) is 10.0 Å². The fraction of sp³-hybridized carbons (Fsp3) is 0.316. The zero-order chi connectivity index (χ0) is 20.3. The van der Waals surface area contributed by atoms with E-state index in [2.05, 4.69) is 0 Å². The summed E-state index contributed by atoms with van der Waals surface area (Å²) in [7, 11) is 1.67. The predicted octanol–water partition coefficient (Wildman–Crippen LogP) is 4.11. The first kappa shape index (κ1) is 20.8. The molecular formula is C19H18Cl2N2O4. The molecule has 1 heterocycles. The summed E-state index contributed by atoms with van der Waals surface area (Å²) in [6.07, 6.45) is 0.0388. The van der Waals surface area contributed by atoms with E-state index in [1.807, 2.05) is 6.07 Å². The minimum Gasteiger partial charge on any atom is -0.478 e. The molecule has 0 aromatic heterocycles. The Kier molecular flexibility index (Phi) is 6.53. The first-order valence-electron chi connectivity index (χ1n) is 8.08. The minimum absolute atomic E-state index is 0.0134. The van der Waals surface area contributed by atoms with Crippen molar-refractivity contribution in [1.82, 2.24) is 4.90 Å². The summed E-state index contributed by atoms with van der Waals surface area (Å²) < 4.78 is 5.19. The number of carbonyl (C=O) groups is 2. The molecule has 1 aromatic carbocycles. The van der Waals surface area contributed by atoms with Gasteiger partial charge in [0, 0.05) is 18.4 Å². The molecule has 0 saturated carbocycles. The number of carboxylic acids is 1. The van der Waals surface area contributed by atoms with E-state index in [0.29, 0.717) is 17.0 Å². The van der Waals surface area contributed by atoms with Crippen molar-refractivity contribution in [2.45, 2.75) is 26.2 Å². The van der Waals surface area contributed by atoms with Crippen molar-refractivity contribution in [2.75, 3.05) is 13.7 Å². The molecule has 142 valence electrons. The van der Waals surface area contributed by atoms with Crippen LogP contribution in [0.3, 0.4) is 0 Å². The van der Waals surface area contributed by atoms with Crippen LogP contribution in [0.4, 0.5) is 0 Å². The van der Waals surface area contributed by atoms with Crippen LogP contribution in [-0.2, 0) is 14.3 Å². The number of rotatable bonds is 5. The Bertz CT molecular complexity index is 899. The molecular weight excluding hydrogens is 391 g/mol. The van der Waals surface area contributed by atoms with E-state index in [0.717, 1.165) is 0 Å². The highest BCUT2D eigenvalue weighted by atomic mass is 35.5. The lowest BCUT2D eigenvalue weighted by molar-refractivity contribution is -0.139. The second-order valence-electron chi connectivity index (χ2n) is 5.98. The van der Waals surface area contributed by atoms with Crippen LogP contribution < -0.4 is 0 Å². The van der Waals surface area contributed by atoms with Gasteiger partial charge in [-0.05, 0) is 25.5 Å². The second kappa shape index (κ2) is 8.47. The van der Waals surface area contributed by atoms with Gasteiger partial charge in [-0.2, -0.15) is 5.26 Å². The van der Waals surface area contributed by atoms with E-state index in [9.17, 15) is 14.7 Å². The van der Waals surface area contributed by atoms with Crippen molar-refractivity contribution in [2.24, 2.45) is 0 Å². The van der Waals surface area contributed by atoms with Gasteiger partial charge in [0.15, 0.2) is 0 Å². The van der Waals surface area contributed by atoms with Crippen LogP contribution in [0.25, 0.3) is 0 Å². The Morgan fingerprint density at radius 3 is 2.48 bits per heavy atom. The Morgan fingerprint density at radius 2 is 1.89 bits per heavy atom. The van der Waals surface area contributed by atoms with E-state index in [1.165, 1.54) is 0 Å². The van der Waals surface area contributed by atoms with Crippen molar-refractivity contribution in [3.05, 3.63) is 56.3 Å². The Labute approximate surface area is 167 Å². The number of nitrogens with zero attached hydrogens (tertiary/aromatic N) is 2. The number of esters is 1. The van der Waals surface area contributed by atoms with Crippen molar-refractivity contribution >= 4 is 35.1 Å². The third kappa shape index (κ3) is 3.95. The zero-order valence-electron chi connectivity index (χ0n) is 15.0. The summed E-state index contributed by atoms with van der Waals surface area (Å²) in [4.78, 5) is 26.4. The standard InChI is InChI=1S/C19H18Cl2N2O4/c1-10-14(18(24)25)16(12-6-4-7-13(20)17(12)21)15(11(2)23(10)3)19(26)27-9-5-8-22/h4,6-7,16H,5,9H2,1-3H3,(H,24,25). The highest BCUT2D eigenvalue weighted by Gasteiger charge is 2.40. The van der Waals surface area contributed by atoms with E-state index in [1.54, 1.807) is 44.0 Å². The monoisotopic (exact) mass is 408 g/mol. The third-order valence-electron chi connectivity index (χ3n) is 4.55. The van der Waals surface area contributed by atoms with Crippen LogP contribution in [0.5, 0.6) is 0 Å². The molecule has 0 spiro atoms. The van der Waals surface area contributed by atoms with Crippen molar-refractivity contribution in [1.29, 1.82) is 5.26 Å². The molecule has 0 bridgehead atoms. The molecule has 0 aliphatic carbocycles. The van der Waals surface area contributed by atoms with Gasteiger partial charge < -0.3 is 14.7 Å². The summed E-state index contributed by atoms with van der Waals surface area (Å²) in [5, 5.41) is 18.9. The van der Waals surface area contributed by atoms with Crippen LogP contribution in [-0.4, -0.2) is 35.6 Å². The molecule has 0 amide bonds. The van der Waals surface area contributed by atoms with Gasteiger partial charge in [-0.1, -0.05) is 35.3 Å². The van der Waals surface area contributed by atoms with Gasteiger partial charge in [0.05, 0.1) is 39.6 Å². The average Bonchev–Trinajstić information content (AvgIpc) is 2.61. The number of aliphatic carboxylic acids is 1. The van der Waals surface area contributed by atoms with Gasteiger partial charge in [0.2, 0.25) is 0 Å². The van der Waals surface area contributed by atoms with Crippen LogP contribution in [0.1, 0.15) is 31.7 Å². The molecule has 1 aliphatic rings. The number of benzene rings is 1. The SMILES string of the molecule is CC1=C(C(=O)O)C(c2cccc(Cl)c2Cl)C(C(=O)OCCC#N)=C(C)N1C. The van der Waals surface area contributed by atoms with E-state index in [-0.39, 0.29) is 34.2 Å². The van der Waals surface area contributed by atoms with Gasteiger partial charge in [-0.15, -0.1) is 0 Å². The molecule has 1 unspecified atom stereocenters. The van der Waals surface area contributed by atoms with Crippen LogP contribution in [0.15, 0.2) is 40.7 Å². The molecule has 1 atom stereocenters.